The molecule has 0 aliphatic rings. The number of likely N-dealkylation sites (N-methyl/N-ethyl adjacent to an activating group) is 1. The lowest BCUT2D eigenvalue weighted by molar-refractivity contribution is 0.266. The number of hydrogen-bond donors (Lipinski definition) is 1. The summed E-state index contributed by atoms with van der Waals surface area (Å²) in [5.74, 6) is 1.61. The number of pyridine rings is 1. The predicted molar refractivity (Wildman–Crippen MR) is 74.5 cm³/mol. The Bertz CT molecular complexity index is 503. The lowest BCUT2D eigenvalue weighted by Gasteiger charge is -2.18. The summed E-state index contributed by atoms with van der Waals surface area (Å²) in [6.45, 7) is 0.494. The second-order valence-corrected chi connectivity index (χ2v) is 4.06. The molecule has 4 heteroatoms. The van der Waals surface area contributed by atoms with Crippen LogP contribution in [0.25, 0.3) is 0 Å². The van der Waals surface area contributed by atoms with Gasteiger partial charge in [0.15, 0.2) is 0 Å². The average Bonchev–Trinajstić information content (AvgIpc) is 2.49. The molecule has 1 unspecified atom stereocenters. The topological polar surface area (TPSA) is 43.4 Å². The molecular formula is C15H18N2O2. The van der Waals surface area contributed by atoms with Gasteiger partial charge in [-0.25, -0.2) is 0 Å². The number of ether oxygens (including phenoxy) is 2. The Hall–Kier alpha value is -2.07. The fourth-order valence-corrected chi connectivity index (χ4v) is 1.83. The van der Waals surface area contributed by atoms with E-state index in [4.69, 9.17) is 9.47 Å². The van der Waals surface area contributed by atoms with Gasteiger partial charge in [-0.2, -0.15) is 0 Å². The first kappa shape index (κ1) is 13.4. The number of nitrogens with zero attached hydrogens (tertiary/aromatic N) is 1. The molecule has 1 atom stereocenters. The van der Waals surface area contributed by atoms with Crippen molar-refractivity contribution in [3.05, 3.63) is 54.4 Å². The fraction of sp³-hybridized carbons (Fsp3) is 0.267. The van der Waals surface area contributed by atoms with Crippen molar-refractivity contribution in [2.75, 3.05) is 20.8 Å². The quantitative estimate of drug-likeness (QED) is 0.864. The molecule has 1 heterocycles. The second-order valence-electron chi connectivity index (χ2n) is 4.06. The zero-order valence-electron chi connectivity index (χ0n) is 11.2. The predicted octanol–water partition coefficient (Wildman–Crippen LogP) is 2.43. The molecule has 4 nitrogen and oxygen atoms in total. The number of para-hydroxylation sites is 1. The van der Waals surface area contributed by atoms with Crippen molar-refractivity contribution in [1.29, 1.82) is 0 Å². The maximum absolute atomic E-state index is 5.75. The summed E-state index contributed by atoms with van der Waals surface area (Å²) >= 11 is 0. The smallest absolute Gasteiger partial charge is 0.142 e. The first-order chi connectivity index (χ1) is 9.35. The Kier molecular flexibility index (Phi) is 4.75. The van der Waals surface area contributed by atoms with Crippen molar-refractivity contribution in [3.8, 4) is 11.5 Å². The third kappa shape index (κ3) is 3.45. The molecule has 1 aromatic heterocycles. The lowest BCUT2D eigenvalue weighted by Crippen LogP contribution is -2.24. The molecule has 2 rings (SSSR count). The highest BCUT2D eigenvalue weighted by atomic mass is 16.5. The van der Waals surface area contributed by atoms with E-state index in [1.807, 2.05) is 49.5 Å². The third-order valence-electron chi connectivity index (χ3n) is 2.86. The van der Waals surface area contributed by atoms with E-state index in [2.05, 4.69) is 10.3 Å². The molecule has 19 heavy (non-hydrogen) atoms. The van der Waals surface area contributed by atoms with E-state index in [-0.39, 0.29) is 6.04 Å². The Labute approximate surface area is 113 Å². The van der Waals surface area contributed by atoms with Crippen LogP contribution in [0.1, 0.15) is 11.7 Å². The van der Waals surface area contributed by atoms with Gasteiger partial charge in [0.05, 0.1) is 13.2 Å². The summed E-state index contributed by atoms with van der Waals surface area (Å²) in [7, 11) is 3.53. The first-order valence-corrected chi connectivity index (χ1v) is 6.19. The van der Waals surface area contributed by atoms with Crippen molar-refractivity contribution < 1.29 is 9.47 Å². The number of rotatable bonds is 6. The van der Waals surface area contributed by atoms with Crippen LogP contribution in [0.4, 0.5) is 0 Å². The SMILES string of the molecule is CNC(COc1ccccc1)c1ncccc1OC. The minimum atomic E-state index is -0.0173. The van der Waals surface area contributed by atoms with E-state index >= 15 is 0 Å². The molecule has 0 aliphatic carbocycles. The van der Waals surface area contributed by atoms with E-state index in [1.54, 1.807) is 13.3 Å². The molecule has 0 saturated heterocycles. The zero-order chi connectivity index (χ0) is 13.5. The highest BCUT2D eigenvalue weighted by Crippen LogP contribution is 2.22. The average molecular weight is 258 g/mol. The molecule has 2 aromatic rings. The van der Waals surface area contributed by atoms with Crippen LogP contribution in [0.5, 0.6) is 11.5 Å². The van der Waals surface area contributed by atoms with Gasteiger partial charge in [0.1, 0.15) is 23.8 Å². The highest BCUT2D eigenvalue weighted by Gasteiger charge is 2.16. The van der Waals surface area contributed by atoms with Gasteiger partial charge in [-0.15, -0.1) is 0 Å². The largest absolute Gasteiger partial charge is 0.495 e. The fourth-order valence-electron chi connectivity index (χ4n) is 1.83. The maximum atomic E-state index is 5.75. The monoisotopic (exact) mass is 258 g/mol. The van der Waals surface area contributed by atoms with E-state index in [0.717, 1.165) is 17.2 Å². The normalized spacial score (nSPS) is 11.9. The molecule has 0 spiro atoms. The van der Waals surface area contributed by atoms with Gasteiger partial charge in [-0.05, 0) is 31.3 Å². The van der Waals surface area contributed by atoms with Crippen molar-refractivity contribution in [1.82, 2.24) is 10.3 Å². The highest BCUT2D eigenvalue weighted by molar-refractivity contribution is 5.30. The van der Waals surface area contributed by atoms with Gasteiger partial charge < -0.3 is 14.8 Å². The summed E-state index contributed by atoms with van der Waals surface area (Å²) < 4.78 is 11.1. The molecule has 100 valence electrons. The Morgan fingerprint density at radius 3 is 2.63 bits per heavy atom. The van der Waals surface area contributed by atoms with Crippen LogP contribution in [0, 0.1) is 0 Å². The second kappa shape index (κ2) is 6.75. The summed E-state index contributed by atoms with van der Waals surface area (Å²) in [6, 6.07) is 13.5. The van der Waals surface area contributed by atoms with Gasteiger partial charge in [0.25, 0.3) is 0 Å². The van der Waals surface area contributed by atoms with Gasteiger partial charge >= 0.3 is 0 Å². The van der Waals surface area contributed by atoms with Crippen LogP contribution in [0.3, 0.4) is 0 Å². The number of benzene rings is 1. The van der Waals surface area contributed by atoms with E-state index in [9.17, 15) is 0 Å². The summed E-state index contributed by atoms with van der Waals surface area (Å²) in [6.07, 6.45) is 1.75. The van der Waals surface area contributed by atoms with Crippen LogP contribution in [0.15, 0.2) is 48.7 Å². The molecule has 0 bridgehead atoms. The van der Waals surface area contributed by atoms with Crippen LogP contribution in [0.2, 0.25) is 0 Å². The van der Waals surface area contributed by atoms with E-state index < -0.39 is 0 Å². The van der Waals surface area contributed by atoms with Crippen LogP contribution >= 0.6 is 0 Å². The van der Waals surface area contributed by atoms with Gasteiger partial charge in [0, 0.05) is 6.20 Å². The first-order valence-electron chi connectivity index (χ1n) is 6.19. The number of methoxy groups -OCH3 is 1. The minimum absolute atomic E-state index is 0.0173. The number of hydrogen-bond acceptors (Lipinski definition) is 4. The Morgan fingerprint density at radius 1 is 1.16 bits per heavy atom. The summed E-state index contributed by atoms with van der Waals surface area (Å²) in [5, 5.41) is 3.20. The van der Waals surface area contributed by atoms with Crippen LogP contribution in [-0.4, -0.2) is 25.7 Å². The molecule has 0 fully saturated rings. The van der Waals surface area contributed by atoms with Gasteiger partial charge in [0.2, 0.25) is 0 Å². The molecule has 0 aliphatic heterocycles. The Morgan fingerprint density at radius 2 is 1.95 bits per heavy atom. The lowest BCUT2D eigenvalue weighted by atomic mass is 10.2. The third-order valence-corrected chi connectivity index (χ3v) is 2.86. The molecule has 0 radical (unpaired) electrons. The van der Waals surface area contributed by atoms with Gasteiger partial charge in [-0.1, -0.05) is 18.2 Å². The number of aromatic nitrogens is 1. The zero-order valence-corrected chi connectivity index (χ0v) is 11.2. The van der Waals surface area contributed by atoms with Crippen molar-refractivity contribution >= 4 is 0 Å². The molecule has 0 amide bonds. The van der Waals surface area contributed by atoms with Crippen molar-refractivity contribution in [2.45, 2.75) is 6.04 Å². The van der Waals surface area contributed by atoms with Crippen LogP contribution in [-0.2, 0) is 0 Å². The Balaban J connectivity index is 2.08. The van der Waals surface area contributed by atoms with Gasteiger partial charge in [-0.3, -0.25) is 4.98 Å². The molecule has 0 saturated carbocycles. The molecule has 1 N–H and O–H groups in total. The molecular weight excluding hydrogens is 240 g/mol. The summed E-state index contributed by atoms with van der Waals surface area (Å²) in [4.78, 5) is 4.37. The van der Waals surface area contributed by atoms with Crippen LogP contribution < -0.4 is 14.8 Å². The van der Waals surface area contributed by atoms with Crippen molar-refractivity contribution in [2.24, 2.45) is 0 Å². The minimum Gasteiger partial charge on any atom is -0.495 e. The van der Waals surface area contributed by atoms with E-state index in [1.165, 1.54) is 0 Å². The van der Waals surface area contributed by atoms with Crippen molar-refractivity contribution in [3.63, 3.8) is 0 Å². The maximum Gasteiger partial charge on any atom is 0.142 e. The standard InChI is InChI=1S/C15H18N2O2/c1-16-13(11-19-12-7-4-3-5-8-12)15-14(18-2)9-6-10-17-15/h3-10,13,16H,11H2,1-2H3. The summed E-state index contributed by atoms with van der Waals surface area (Å²) in [5.41, 5.74) is 0.850. The molecule has 1 aromatic carbocycles. The number of nitrogens with one attached hydrogen (secondary N) is 1. The van der Waals surface area contributed by atoms with E-state index in [0.29, 0.717) is 6.61 Å².